The van der Waals surface area contributed by atoms with Gasteiger partial charge in [0.2, 0.25) is 0 Å². The van der Waals surface area contributed by atoms with Gasteiger partial charge in [0.1, 0.15) is 0 Å². The van der Waals surface area contributed by atoms with Gasteiger partial charge in [-0.25, -0.2) is 18.2 Å². The van der Waals surface area contributed by atoms with Crippen LogP contribution in [0.15, 0.2) is 95.2 Å². The molecular formula is C32H38Cl2N4O4S2. The van der Waals surface area contributed by atoms with Crippen LogP contribution in [0.25, 0.3) is 11.3 Å². The average molecular weight is 678 g/mol. The molecule has 12 heteroatoms. The van der Waals surface area contributed by atoms with E-state index in [2.05, 4.69) is 63.7 Å². The van der Waals surface area contributed by atoms with Crippen molar-refractivity contribution in [2.75, 3.05) is 57.5 Å². The molecule has 3 aromatic carbocycles. The first-order valence-electron chi connectivity index (χ1n) is 14.1. The van der Waals surface area contributed by atoms with E-state index in [0.29, 0.717) is 37.1 Å². The summed E-state index contributed by atoms with van der Waals surface area (Å²) in [6, 6.07) is 27.3. The Hall–Kier alpha value is -2.99. The van der Waals surface area contributed by atoms with E-state index in [0.717, 1.165) is 31.6 Å². The van der Waals surface area contributed by atoms with Gasteiger partial charge in [-0.1, -0.05) is 72.8 Å². The first-order chi connectivity index (χ1) is 20.4. The number of sulfone groups is 1. The third-order valence-corrected chi connectivity index (χ3v) is 9.35. The van der Waals surface area contributed by atoms with Gasteiger partial charge in [-0.05, 0) is 29.7 Å². The van der Waals surface area contributed by atoms with Gasteiger partial charge in [-0.3, -0.25) is 10.2 Å². The van der Waals surface area contributed by atoms with Crippen molar-refractivity contribution in [1.82, 2.24) is 14.8 Å². The summed E-state index contributed by atoms with van der Waals surface area (Å²) in [5.74, 6) is 0.160. The third-order valence-electron chi connectivity index (χ3n) is 7.46. The highest BCUT2D eigenvalue weighted by Gasteiger charge is 2.21. The molecule has 1 saturated heterocycles. The van der Waals surface area contributed by atoms with Gasteiger partial charge in [0.25, 0.3) is 0 Å². The Bertz CT molecular complexity index is 1510. The molecule has 1 aliphatic rings. The molecule has 1 aliphatic heterocycles. The van der Waals surface area contributed by atoms with Crippen LogP contribution in [0.5, 0.6) is 0 Å². The third kappa shape index (κ3) is 9.76. The second-order valence-electron chi connectivity index (χ2n) is 10.4. The van der Waals surface area contributed by atoms with Gasteiger partial charge in [-0.2, -0.15) is 0 Å². The van der Waals surface area contributed by atoms with Crippen molar-refractivity contribution < 1.29 is 17.9 Å². The van der Waals surface area contributed by atoms with Gasteiger partial charge < -0.3 is 9.64 Å². The van der Waals surface area contributed by atoms with E-state index in [1.165, 1.54) is 28.7 Å². The van der Waals surface area contributed by atoms with Crippen LogP contribution in [0, 0.1) is 0 Å². The summed E-state index contributed by atoms with van der Waals surface area (Å²) in [5.41, 5.74) is 3.92. The highest BCUT2D eigenvalue weighted by molar-refractivity contribution is 7.90. The number of anilines is 1. The maximum Gasteiger partial charge on any atom is 0.323 e. The highest BCUT2D eigenvalue weighted by Crippen LogP contribution is 2.29. The first-order valence-corrected chi connectivity index (χ1v) is 16.9. The number of morpholine rings is 1. The van der Waals surface area contributed by atoms with E-state index in [4.69, 9.17) is 4.74 Å². The zero-order valence-corrected chi connectivity index (χ0v) is 27.8. The van der Waals surface area contributed by atoms with Crippen molar-refractivity contribution in [1.29, 1.82) is 0 Å². The van der Waals surface area contributed by atoms with Crippen LogP contribution >= 0.6 is 36.2 Å². The minimum Gasteiger partial charge on any atom is -0.379 e. The SMILES string of the molecule is CS(=O)(=O)c1ccc(-c2csc(NC(=O)N(CCC(c3ccccc3)c3ccccc3)CCN3CCOCC3)n2)cc1.Cl.Cl. The number of nitrogens with one attached hydrogen (secondary N) is 1. The number of amides is 2. The van der Waals surface area contributed by atoms with E-state index < -0.39 is 9.84 Å². The largest absolute Gasteiger partial charge is 0.379 e. The monoisotopic (exact) mass is 676 g/mol. The average Bonchev–Trinajstić information content (AvgIpc) is 3.48. The van der Waals surface area contributed by atoms with Crippen molar-refractivity contribution in [3.8, 4) is 11.3 Å². The fraction of sp³-hybridized carbons (Fsp3) is 0.312. The summed E-state index contributed by atoms with van der Waals surface area (Å²) < 4.78 is 29.1. The second-order valence-corrected chi connectivity index (χ2v) is 13.2. The van der Waals surface area contributed by atoms with Crippen LogP contribution in [0.3, 0.4) is 0 Å². The zero-order chi connectivity index (χ0) is 29.4. The fourth-order valence-corrected chi connectivity index (χ4v) is 6.43. The Labute approximate surface area is 276 Å². The summed E-state index contributed by atoms with van der Waals surface area (Å²) in [5, 5.41) is 5.38. The van der Waals surface area contributed by atoms with Gasteiger partial charge in [-0.15, -0.1) is 36.2 Å². The number of nitrogens with zero attached hydrogens (tertiary/aromatic N) is 3. The predicted molar refractivity (Wildman–Crippen MR) is 182 cm³/mol. The molecule has 4 aromatic rings. The quantitative estimate of drug-likeness (QED) is 0.196. The molecule has 1 aromatic heterocycles. The van der Waals surface area contributed by atoms with Gasteiger partial charge in [0.15, 0.2) is 15.0 Å². The van der Waals surface area contributed by atoms with Crippen LogP contribution in [0.4, 0.5) is 9.93 Å². The van der Waals surface area contributed by atoms with Crippen molar-refractivity contribution in [2.24, 2.45) is 0 Å². The van der Waals surface area contributed by atoms with E-state index >= 15 is 0 Å². The standard InChI is InChI=1S/C32H36N4O4S2.2ClH/c1-42(38,39)28-14-12-27(13-15-28)30-24-41-31(33-30)34-32(37)36(19-18-35-20-22-40-23-21-35)17-16-29(25-8-4-2-5-9-25)26-10-6-3-7-11-26;;/h2-15,24,29H,16-23H2,1H3,(H,33,34,37);2*1H. The smallest absolute Gasteiger partial charge is 0.323 e. The maximum absolute atomic E-state index is 13.6. The molecule has 1 N–H and O–H groups in total. The molecule has 2 amide bonds. The zero-order valence-electron chi connectivity index (χ0n) is 24.5. The lowest BCUT2D eigenvalue weighted by atomic mass is 9.88. The Balaban J connectivity index is 0.00000264. The number of hydrogen-bond acceptors (Lipinski definition) is 7. The lowest BCUT2D eigenvalue weighted by Crippen LogP contribution is -2.44. The maximum atomic E-state index is 13.6. The van der Waals surface area contributed by atoms with Crippen molar-refractivity contribution >= 4 is 57.2 Å². The van der Waals surface area contributed by atoms with Crippen LogP contribution in [0.1, 0.15) is 23.5 Å². The van der Waals surface area contributed by atoms with Crippen LogP contribution in [-0.4, -0.2) is 81.4 Å². The summed E-state index contributed by atoms with van der Waals surface area (Å²) >= 11 is 1.35. The van der Waals surface area contributed by atoms with Gasteiger partial charge in [0, 0.05) is 55.8 Å². The molecule has 2 heterocycles. The number of ether oxygens (including phenoxy) is 1. The number of hydrogen-bond donors (Lipinski definition) is 1. The molecule has 0 unspecified atom stereocenters. The summed E-state index contributed by atoms with van der Waals surface area (Å²) in [7, 11) is -3.27. The van der Waals surface area contributed by atoms with E-state index in [-0.39, 0.29) is 41.7 Å². The van der Waals surface area contributed by atoms with Crippen molar-refractivity contribution in [3.05, 3.63) is 101 Å². The number of benzene rings is 3. The highest BCUT2D eigenvalue weighted by atomic mass is 35.5. The van der Waals surface area contributed by atoms with E-state index in [1.54, 1.807) is 24.3 Å². The summed E-state index contributed by atoms with van der Waals surface area (Å²) in [4.78, 5) is 22.7. The summed E-state index contributed by atoms with van der Waals surface area (Å²) in [6.07, 6.45) is 1.96. The number of carbonyl (C=O) groups excluding carboxylic acids is 1. The molecule has 5 rings (SSSR count). The van der Waals surface area contributed by atoms with Gasteiger partial charge in [0.05, 0.1) is 23.8 Å². The molecule has 236 valence electrons. The minimum absolute atomic E-state index is 0. The van der Waals surface area contributed by atoms with Gasteiger partial charge >= 0.3 is 6.03 Å². The second kappa shape index (κ2) is 16.9. The van der Waals surface area contributed by atoms with E-state index in [9.17, 15) is 13.2 Å². The Kier molecular flexibility index (Phi) is 13.6. The van der Waals surface area contributed by atoms with E-state index in [1.807, 2.05) is 22.4 Å². The topological polar surface area (TPSA) is 91.8 Å². The van der Waals surface area contributed by atoms with Crippen LogP contribution in [-0.2, 0) is 14.6 Å². The molecular weight excluding hydrogens is 639 g/mol. The predicted octanol–water partition coefficient (Wildman–Crippen LogP) is 6.45. The molecule has 0 saturated carbocycles. The number of carbonyl (C=O) groups is 1. The number of urea groups is 1. The molecule has 1 fully saturated rings. The lowest BCUT2D eigenvalue weighted by molar-refractivity contribution is 0.0351. The number of halogens is 2. The molecule has 0 bridgehead atoms. The fourth-order valence-electron chi connectivity index (χ4n) is 5.09. The number of aromatic nitrogens is 1. The molecule has 8 nitrogen and oxygen atoms in total. The number of rotatable bonds is 11. The molecule has 0 aliphatic carbocycles. The number of thiazole rings is 1. The van der Waals surface area contributed by atoms with Crippen LogP contribution in [0.2, 0.25) is 0 Å². The molecule has 0 radical (unpaired) electrons. The molecule has 0 spiro atoms. The lowest BCUT2D eigenvalue weighted by Gasteiger charge is -2.31. The Morgan fingerprint density at radius 3 is 2.09 bits per heavy atom. The van der Waals surface area contributed by atoms with Crippen molar-refractivity contribution in [2.45, 2.75) is 17.2 Å². The van der Waals surface area contributed by atoms with Crippen molar-refractivity contribution in [3.63, 3.8) is 0 Å². The molecule has 44 heavy (non-hydrogen) atoms. The normalized spacial score (nSPS) is 13.5. The van der Waals surface area contributed by atoms with Crippen LogP contribution < -0.4 is 5.32 Å². The summed E-state index contributed by atoms with van der Waals surface area (Å²) in [6.45, 7) is 5.09. The first kappa shape index (κ1) is 35.5. The Morgan fingerprint density at radius 2 is 1.52 bits per heavy atom. The molecule has 0 atom stereocenters. The Morgan fingerprint density at radius 1 is 0.932 bits per heavy atom. The minimum atomic E-state index is -3.27.